The summed E-state index contributed by atoms with van der Waals surface area (Å²) in [5.41, 5.74) is 22.0. The van der Waals surface area contributed by atoms with E-state index in [1.54, 1.807) is 11.3 Å². The Bertz CT molecular complexity index is 6290. The Hall–Kier alpha value is -11.8. The summed E-state index contributed by atoms with van der Waals surface area (Å²) in [7, 11) is 0. The van der Waals surface area contributed by atoms with Crippen molar-refractivity contribution in [2.24, 2.45) is 0 Å². The molecule has 92 heavy (non-hydrogen) atoms. The van der Waals surface area contributed by atoms with Crippen molar-refractivity contribution in [3.05, 3.63) is 303 Å². The van der Waals surface area contributed by atoms with E-state index in [1.165, 1.54) is 136 Å². The van der Waals surface area contributed by atoms with E-state index >= 15 is 0 Å². The number of nitrogens with zero attached hydrogens (tertiary/aromatic N) is 2. The molecule has 0 radical (unpaired) electrons. The Balaban J connectivity index is 0.672. The summed E-state index contributed by atoms with van der Waals surface area (Å²) in [6.07, 6.45) is 0. The molecule has 0 unspecified atom stereocenters. The van der Waals surface area contributed by atoms with Crippen LogP contribution in [0.3, 0.4) is 0 Å². The normalized spacial score (nSPS) is 12.1. The van der Waals surface area contributed by atoms with E-state index in [-0.39, 0.29) is 0 Å². The first-order valence-corrected chi connectivity index (χ1v) is 32.3. The lowest BCUT2D eigenvalue weighted by Crippen LogP contribution is -1.89. The third kappa shape index (κ3) is 7.81. The zero-order valence-electron chi connectivity index (χ0n) is 49.6. The van der Waals surface area contributed by atoms with Crippen molar-refractivity contribution in [3.63, 3.8) is 0 Å². The van der Waals surface area contributed by atoms with Crippen LogP contribution in [0.4, 0.5) is 0 Å². The zero-order chi connectivity index (χ0) is 60.1. The maximum atomic E-state index is 6.57. The van der Waals surface area contributed by atoms with E-state index in [4.69, 9.17) is 14.4 Å². The molecule has 0 bridgehead atoms. The number of oxazole rings is 1. The average molecular weight is 1180 g/mol. The van der Waals surface area contributed by atoms with E-state index in [9.17, 15) is 0 Å². The number of benzene rings is 17. The largest absolute Gasteiger partial charge is 0.435 e. The van der Waals surface area contributed by atoms with Gasteiger partial charge in [-0.25, -0.2) is 9.97 Å². The molecule has 2 heterocycles. The van der Waals surface area contributed by atoms with Crippen molar-refractivity contribution < 1.29 is 4.42 Å². The van der Waals surface area contributed by atoms with E-state index < -0.39 is 0 Å². The standard InChI is InChI=1S/C88H50N2OS/c1-3-12-57(13-4-1)87-89-80-44-38-56-32-30-55-31-33-59(46-76(55)82(56)85(80)91-87)51-22-24-52(25-23-51)61-36-39-69-70-40-37-62(50-79(70)68-19-10-9-18-67(68)78(69)48-61)75-49-63-35-34-60(47-77(63)84-74(75)43-45-81-86(84)92-88(90-81)58-14-5-2-6-15-58)53-26-28-54(29-27-53)64-41-42-73-66-17-8-7-16-65(66)72-21-11-20-71(64)83(72)73/h1-50H. The van der Waals surface area contributed by atoms with E-state index in [0.717, 1.165) is 65.4 Å². The number of thiazole rings is 1. The number of fused-ring (bicyclic) bond motifs is 19. The second-order valence-corrected chi connectivity index (χ2v) is 25.6. The van der Waals surface area contributed by atoms with Gasteiger partial charge in [-0.3, -0.25) is 0 Å². The molecule has 0 amide bonds. The monoisotopic (exact) mass is 1180 g/mol. The summed E-state index contributed by atoms with van der Waals surface area (Å²) in [4.78, 5) is 10.2. The molecule has 1 aliphatic rings. The van der Waals surface area contributed by atoms with Crippen molar-refractivity contribution in [3.8, 4) is 99.9 Å². The van der Waals surface area contributed by atoms with Crippen molar-refractivity contribution in [1.82, 2.24) is 9.97 Å². The quantitative estimate of drug-likeness (QED) is 0.149. The van der Waals surface area contributed by atoms with Crippen molar-refractivity contribution in [2.75, 3.05) is 0 Å². The van der Waals surface area contributed by atoms with Crippen LogP contribution in [0.25, 0.3) is 207 Å². The van der Waals surface area contributed by atoms with Crippen LogP contribution in [0.1, 0.15) is 0 Å². The molecule has 424 valence electrons. The van der Waals surface area contributed by atoms with Crippen LogP contribution in [0.5, 0.6) is 0 Å². The Morgan fingerprint density at radius 2 is 0.696 bits per heavy atom. The number of hydrogen-bond acceptors (Lipinski definition) is 4. The predicted octanol–water partition coefficient (Wildman–Crippen LogP) is 25.0. The maximum Gasteiger partial charge on any atom is 0.227 e. The lowest BCUT2D eigenvalue weighted by atomic mass is 9.88. The van der Waals surface area contributed by atoms with Crippen molar-refractivity contribution in [2.45, 2.75) is 0 Å². The van der Waals surface area contributed by atoms with E-state index in [0.29, 0.717) is 5.89 Å². The van der Waals surface area contributed by atoms with Crippen LogP contribution in [-0.2, 0) is 0 Å². The van der Waals surface area contributed by atoms with Gasteiger partial charge < -0.3 is 4.42 Å². The van der Waals surface area contributed by atoms with Crippen molar-refractivity contribution >= 4 is 119 Å². The lowest BCUT2D eigenvalue weighted by molar-refractivity contribution is 0.623. The van der Waals surface area contributed by atoms with Crippen LogP contribution >= 0.6 is 11.3 Å². The summed E-state index contributed by atoms with van der Waals surface area (Å²) in [5, 5.41) is 20.5. The number of aromatic nitrogens is 2. The molecule has 0 aliphatic heterocycles. The minimum atomic E-state index is 0.633. The maximum absolute atomic E-state index is 6.57. The first-order valence-electron chi connectivity index (χ1n) is 31.5. The smallest absolute Gasteiger partial charge is 0.227 e. The first kappa shape index (κ1) is 51.1. The van der Waals surface area contributed by atoms with Gasteiger partial charge in [0, 0.05) is 21.9 Å². The molecule has 0 spiro atoms. The van der Waals surface area contributed by atoms with E-state index in [1.807, 2.05) is 30.3 Å². The molecule has 0 N–H and O–H groups in total. The molecule has 17 aromatic carbocycles. The fourth-order valence-corrected chi connectivity index (χ4v) is 16.3. The molecular formula is C88H50N2OS. The van der Waals surface area contributed by atoms with Gasteiger partial charge in [0.05, 0.1) is 10.2 Å². The Morgan fingerprint density at radius 1 is 0.228 bits per heavy atom. The molecular weight excluding hydrogens is 1130 g/mol. The highest BCUT2D eigenvalue weighted by atomic mass is 32.1. The minimum absolute atomic E-state index is 0.633. The molecule has 19 aromatic rings. The second kappa shape index (κ2) is 19.8. The fraction of sp³-hybridized carbons (Fsp3) is 0. The van der Waals surface area contributed by atoms with Crippen LogP contribution in [0.15, 0.2) is 308 Å². The van der Waals surface area contributed by atoms with Gasteiger partial charge in [0.15, 0.2) is 5.58 Å². The summed E-state index contributed by atoms with van der Waals surface area (Å²) >= 11 is 1.79. The van der Waals surface area contributed by atoms with Gasteiger partial charge in [0.1, 0.15) is 10.5 Å². The number of rotatable bonds is 7. The van der Waals surface area contributed by atoms with Gasteiger partial charge in [-0.15, -0.1) is 11.3 Å². The summed E-state index contributed by atoms with van der Waals surface area (Å²) < 4.78 is 7.77. The van der Waals surface area contributed by atoms with Crippen LogP contribution in [0, 0.1) is 0 Å². The first-order chi connectivity index (χ1) is 45.6. The fourth-order valence-electron chi connectivity index (χ4n) is 15.2. The Kier molecular flexibility index (Phi) is 11.0. The number of hydrogen-bond donors (Lipinski definition) is 0. The van der Waals surface area contributed by atoms with Crippen LogP contribution < -0.4 is 0 Å². The van der Waals surface area contributed by atoms with Gasteiger partial charge in [-0.05, 0) is 208 Å². The second-order valence-electron chi connectivity index (χ2n) is 24.6. The zero-order valence-corrected chi connectivity index (χ0v) is 50.4. The van der Waals surface area contributed by atoms with E-state index in [2.05, 4.69) is 273 Å². The summed E-state index contributed by atoms with van der Waals surface area (Å²) in [6, 6.07) is 112. The molecule has 1 aliphatic carbocycles. The predicted molar refractivity (Wildman–Crippen MR) is 390 cm³/mol. The molecule has 0 saturated heterocycles. The SMILES string of the molecule is c1ccc(-c2nc3ccc4ccc5ccc(-c6ccc(-c7ccc8c9ccc(-c%10cc%11ccc(-c%12ccc(-c%13ccc%14c%15c(cccc%13%15)-c%13ccccc%13-%14)cc%12)cc%11c%11c%10ccc%10nc(-c%12ccccc%12)sc%10%11)cc9c9ccccc9c8c7)cc6)cc5c4c3o2)cc1. The molecule has 20 rings (SSSR count). The highest BCUT2D eigenvalue weighted by Crippen LogP contribution is 2.51. The molecule has 3 nitrogen and oxygen atoms in total. The Morgan fingerprint density at radius 3 is 1.40 bits per heavy atom. The molecule has 0 saturated carbocycles. The third-order valence-corrected chi connectivity index (χ3v) is 20.8. The van der Waals surface area contributed by atoms with Gasteiger partial charge in [0.2, 0.25) is 5.89 Å². The van der Waals surface area contributed by atoms with Gasteiger partial charge in [-0.1, -0.05) is 249 Å². The van der Waals surface area contributed by atoms with Crippen LogP contribution in [-0.4, -0.2) is 9.97 Å². The summed E-state index contributed by atoms with van der Waals surface area (Å²) in [5.74, 6) is 0.633. The van der Waals surface area contributed by atoms with Crippen molar-refractivity contribution in [1.29, 1.82) is 0 Å². The van der Waals surface area contributed by atoms with Gasteiger partial charge in [-0.2, -0.15) is 0 Å². The molecule has 4 heteroatoms. The molecule has 0 atom stereocenters. The van der Waals surface area contributed by atoms with Gasteiger partial charge >= 0.3 is 0 Å². The highest BCUT2D eigenvalue weighted by Gasteiger charge is 2.24. The van der Waals surface area contributed by atoms with Crippen LogP contribution in [0.2, 0.25) is 0 Å². The summed E-state index contributed by atoms with van der Waals surface area (Å²) in [6.45, 7) is 0. The van der Waals surface area contributed by atoms with Gasteiger partial charge in [0.25, 0.3) is 0 Å². The minimum Gasteiger partial charge on any atom is -0.435 e. The molecule has 2 aromatic heterocycles. The molecule has 0 fully saturated rings. The lowest BCUT2D eigenvalue weighted by Gasteiger charge is -2.16. The third-order valence-electron chi connectivity index (χ3n) is 19.6. The average Bonchev–Trinajstić information content (AvgIpc) is 1.06. The topological polar surface area (TPSA) is 38.9 Å². The highest BCUT2D eigenvalue weighted by molar-refractivity contribution is 7.22. The Labute approximate surface area is 533 Å².